The van der Waals surface area contributed by atoms with E-state index in [0.717, 1.165) is 18.2 Å². The van der Waals surface area contributed by atoms with E-state index in [4.69, 9.17) is 9.26 Å². The van der Waals surface area contributed by atoms with Gasteiger partial charge in [0.15, 0.2) is 12.4 Å². The van der Waals surface area contributed by atoms with Crippen molar-refractivity contribution >= 4 is 41.1 Å². The highest BCUT2D eigenvalue weighted by molar-refractivity contribution is 8.00. The van der Waals surface area contributed by atoms with E-state index in [2.05, 4.69) is 29.6 Å². The first-order chi connectivity index (χ1) is 13.9. The predicted octanol–water partition coefficient (Wildman–Crippen LogP) is 3.35. The monoisotopic (exact) mass is 419 g/mol. The summed E-state index contributed by atoms with van der Waals surface area (Å²) in [4.78, 5) is 35.3. The lowest BCUT2D eigenvalue weighted by Crippen LogP contribution is -2.22. The molecule has 0 unspecified atom stereocenters. The lowest BCUT2D eigenvalue weighted by molar-refractivity contribution is -0.144. The molecule has 1 atom stereocenters. The number of aryl methyl sites for hydroxylation is 1. The topological polar surface area (TPSA) is 111 Å². The van der Waals surface area contributed by atoms with E-state index < -0.39 is 11.9 Å². The average Bonchev–Trinajstić information content (AvgIpc) is 3.10. The van der Waals surface area contributed by atoms with Gasteiger partial charge in [-0.15, -0.1) is 11.8 Å². The number of aromatic nitrogens is 1. The van der Waals surface area contributed by atoms with Gasteiger partial charge in [0.2, 0.25) is 5.91 Å². The van der Waals surface area contributed by atoms with Crippen LogP contribution in [-0.4, -0.2) is 41.1 Å². The summed E-state index contributed by atoms with van der Waals surface area (Å²) in [5.41, 5.74) is 1.85. The first kappa shape index (κ1) is 22.5. The Morgan fingerprint density at radius 1 is 1.14 bits per heavy atom. The van der Waals surface area contributed by atoms with Gasteiger partial charge in [-0.3, -0.25) is 14.4 Å². The molecule has 0 radical (unpaired) electrons. The second kappa shape index (κ2) is 11.3. The van der Waals surface area contributed by atoms with Crippen LogP contribution in [0.3, 0.4) is 0 Å². The Bertz CT molecular complexity index is 835. The molecule has 0 saturated heterocycles. The molecule has 0 fully saturated rings. The quantitative estimate of drug-likeness (QED) is 0.568. The Balaban J connectivity index is 1.62. The van der Waals surface area contributed by atoms with Crippen LogP contribution < -0.4 is 10.6 Å². The van der Waals surface area contributed by atoms with Gasteiger partial charge in [-0.05, 0) is 37.0 Å². The third kappa shape index (κ3) is 7.98. The van der Waals surface area contributed by atoms with Crippen LogP contribution in [0.2, 0.25) is 0 Å². The van der Waals surface area contributed by atoms with Crippen LogP contribution in [0, 0.1) is 6.92 Å². The van der Waals surface area contributed by atoms with Gasteiger partial charge < -0.3 is 19.9 Å². The second-order valence-corrected chi connectivity index (χ2v) is 7.49. The number of esters is 1. The number of nitrogens with one attached hydrogen (secondary N) is 2. The van der Waals surface area contributed by atoms with Crippen molar-refractivity contribution in [1.82, 2.24) is 5.16 Å². The fourth-order valence-corrected chi connectivity index (χ4v) is 2.96. The molecule has 0 aliphatic rings. The number of benzene rings is 1. The number of anilines is 2. The number of amides is 2. The highest BCUT2D eigenvalue weighted by Gasteiger charge is 2.11. The molecular formula is C20H25N3O5S. The van der Waals surface area contributed by atoms with Crippen molar-refractivity contribution in [1.29, 1.82) is 0 Å². The molecule has 0 spiro atoms. The van der Waals surface area contributed by atoms with Crippen LogP contribution in [-0.2, 0) is 19.1 Å². The molecule has 1 aromatic carbocycles. The van der Waals surface area contributed by atoms with Crippen molar-refractivity contribution in [3.05, 3.63) is 41.7 Å². The maximum atomic E-state index is 11.9. The average molecular weight is 420 g/mol. The lowest BCUT2D eigenvalue weighted by Gasteiger charge is -2.10. The molecule has 1 heterocycles. The van der Waals surface area contributed by atoms with E-state index >= 15 is 0 Å². The molecule has 0 aliphatic carbocycles. The summed E-state index contributed by atoms with van der Waals surface area (Å²) >= 11 is 1.08. The zero-order valence-corrected chi connectivity index (χ0v) is 17.5. The van der Waals surface area contributed by atoms with Crippen LogP contribution in [0.15, 0.2) is 34.9 Å². The largest absolute Gasteiger partial charge is 0.455 e. The summed E-state index contributed by atoms with van der Waals surface area (Å²) in [7, 11) is 0. The number of hydrogen-bond acceptors (Lipinski definition) is 7. The van der Waals surface area contributed by atoms with E-state index in [1.54, 1.807) is 13.0 Å². The summed E-state index contributed by atoms with van der Waals surface area (Å²) in [6.07, 6.45) is 1.04. The minimum absolute atomic E-state index is 0.0395. The first-order valence-corrected chi connectivity index (χ1v) is 10.4. The van der Waals surface area contributed by atoms with E-state index in [1.165, 1.54) is 5.56 Å². The molecule has 8 nitrogen and oxygen atoms in total. The maximum absolute atomic E-state index is 11.9. The normalized spacial score (nSPS) is 11.6. The standard InChI is InChI=1S/C20H25N3O5S/c1-4-13(2)15-5-7-16(8-6-15)21-18(24)10-27-20(26)12-29-11-19(25)22-17-9-14(3)28-23-17/h5-9,13H,4,10-12H2,1-3H3,(H,21,24)(H,22,23,25)/t13-/m1/s1. The second-order valence-electron chi connectivity index (χ2n) is 6.50. The van der Waals surface area contributed by atoms with Crippen LogP contribution in [0.4, 0.5) is 11.5 Å². The van der Waals surface area contributed by atoms with Crippen LogP contribution >= 0.6 is 11.8 Å². The molecule has 0 bridgehead atoms. The summed E-state index contributed by atoms with van der Waals surface area (Å²) in [5, 5.41) is 8.88. The molecule has 1 aromatic heterocycles. The van der Waals surface area contributed by atoms with E-state index in [9.17, 15) is 14.4 Å². The number of rotatable bonds is 10. The number of ether oxygens (including phenoxy) is 1. The Kier molecular flexibility index (Phi) is 8.72. The fraction of sp³-hybridized carbons (Fsp3) is 0.400. The maximum Gasteiger partial charge on any atom is 0.316 e. The van der Waals surface area contributed by atoms with Gasteiger partial charge in [0.05, 0.1) is 11.5 Å². The van der Waals surface area contributed by atoms with E-state index in [0.29, 0.717) is 23.2 Å². The first-order valence-electron chi connectivity index (χ1n) is 9.23. The summed E-state index contributed by atoms with van der Waals surface area (Å²) in [6.45, 7) is 5.60. The van der Waals surface area contributed by atoms with Gasteiger partial charge in [-0.2, -0.15) is 0 Å². The predicted molar refractivity (Wildman–Crippen MR) is 112 cm³/mol. The molecule has 29 heavy (non-hydrogen) atoms. The Labute approximate surface area is 173 Å². The van der Waals surface area contributed by atoms with Gasteiger partial charge in [0.1, 0.15) is 5.76 Å². The van der Waals surface area contributed by atoms with Gasteiger partial charge in [0.25, 0.3) is 5.91 Å². The van der Waals surface area contributed by atoms with Crippen LogP contribution in [0.25, 0.3) is 0 Å². The number of thioether (sulfide) groups is 1. The lowest BCUT2D eigenvalue weighted by atomic mass is 9.99. The van der Waals surface area contributed by atoms with Gasteiger partial charge >= 0.3 is 5.97 Å². The molecule has 9 heteroatoms. The van der Waals surface area contributed by atoms with Crippen LogP contribution in [0.5, 0.6) is 0 Å². The Morgan fingerprint density at radius 3 is 2.48 bits per heavy atom. The van der Waals surface area contributed by atoms with E-state index in [1.807, 2.05) is 24.3 Å². The molecule has 2 N–H and O–H groups in total. The van der Waals surface area contributed by atoms with Gasteiger partial charge in [-0.25, -0.2) is 0 Å². The third-order valence-electron chi connectivity index (χ3n) is 4.09. The summed E-state index contributed by atoms with van der Waals surface area (Å²) in [5.74, 6) is 0.0831. The molecule has 156 valence electrons. The summed E-state index contributed by atoms with van der Waals surface area (Å²) in [6, 6.07) is 9.18. The molecular weight excluding hydrogens is 394 g/mol. The van der Waals surface area contributed by atoms with Crippen molar-refractivity contribution in [2.24, 2.45) is 0 Å². The number of nitrogens with zero attached hydrogens (tertiary/aromatic N) is 1. The van der Waals surface area contributed by atoms with Crippen molar-refractivity contribution in [3.8, 4) is 0 Å². The molecule has 0 saturated carbocycles. The minimum atomic E-state index is -0.567. The minimum Gasteiger partial charge on any atom is -0.455 e. The van der Waals surface area contributed by atoms with Crippen LogP contribution in [0.1, 0.15) is 37.5 Å². The molecule has 2 rings (SSSR count). The Hall–Kier alpha value is -2.81. The molecule has 2 aromatic rings. The van der Waals surface area contributed by atoms with Gasteiger partial charge in [0, 0.05) is 11.8 Å². The number of carbonyl (C=O) groups excluding carboxylic acids is 3. The smallest absolute Gasteiger partial charge is 0.316 e. The SMILES string of the molecule is CC[C@@H](C)c1ccc(NC(=O)COC(=O)CSCC(=O)Nc2cc(C)on2)cc1. The molecule has 2 amide bonds. The number of hydrogen-bond donors (Lipinski definition) is 2. The number of carbonyl (C=O) groups is 3. The zero-order valence-electron chi connectivity index (χ0n) is 16.7. The van der Waals surface area contributed by atoms with Crippen molar-refractivity contribution in [2.45, 2.75) is 33.1 Å². The van der Waals surface area contributed by atoms with Crippen molar-refractivity contribution in [2.75, 3.05) is 28.7 Å². The highest BCUT2D eigenvalue weighted by Crippen LogP contribution is 2.20. The third-order valence-corrected chi connectivity index (χ3v) is 4.99. The van der Waals surface area contributed by atoms with Crippen molar-refractivity contribution in [3.63, 3.8) is 0 Å². The highest BCUT2D eigenvalue weighted by atomic mass is 32.2. The summed E-state index contributed by atoms with van der Waals surface area (Å²) < 4.78 is 9.77. The van der Waals surface area contributed by atoms with Gasteiger partial charge in [-0.1, -0.05) is 31.1 Å². The van der Waals surface area contributed by atoms with Crippen molar-refractivity contribution < 1.29 is 23.6 Å². The van der Waals surface area contributed by atoms with E-state index in [-0.39, 0.29) is 24.0 Å². The Morgan fingerprint density at radius 2 is 1.86 bits per heavy atom. The molecule has 0 aliphatic heterocycles. The zero-order chi connectivity index (χ0) is 21.2. The fourth-order valence-electron chi connectivity index (χ4n) is 2.35.